The van der Waals surface area contributed by atoms with Crippen LogP contribution in [-0.2, 0) is 6.54 Å². The molecule has 0 saturated carbocycles. The Kier molecular flexibility index (Phi) is 5.16. The van der Waals surface area contributed by atoms with Crippen LogP contribution in [0, 0.1) is 0 Å². The van der Waals surface area contributed by atoms with Gasteiger partial charge in [0.2, 0.25) is 0 Å². The zero-order valence-corrected chi connectivity index (χ0v) is 7.29. The largest absolute Gasteiger partial charge is 1.00 e. The third kappa shape index (κ3) is 2.94. The van der Waals surface area contributed by atoms with E-state index < -0.39 is 0 Å². The summed E-state index contributed by atoms with van der Waals surface area (Å²) in [5.74, 6) is 0. The number of halogens is 1. The average molecular weight is 203 g/mol. The van der Waals surface area contributed by atoms with Crippen LogP contribution in [0.15, 0.2) is 30.6 Å². The van der Waals surface area contributed by atoms with Crippen molar-refractivity contribution < 1.29 is 21.5 Å². The lowest BCUT2D eigenvalue weighted by Crippen LogP contribution is -3.00. The number of nitrogens with two attached hydrogens (primary N) is 1. The molecule has 0 fully saturated rings. The molecule has 0 spiro atoms. The van der Waals surface area contributed by atoms with Crippen molar-refractivity contribution in [2.45, 2.75) is 6.54 Å². The summed E-state index contributed by atoms with van der Waals surface area (Å²) in [5.41, 5.74) is 5.34. The van der Waals surface area contributed by atoms with Gasteiger partial charge in [-0.15, -0.1) is 0 Å². The van der Waals surface area contributed by atoms with Gasteiger partial charge in [-0.25, -0.2) is 4.57 Å². The van der Waals surface area contributed by atoms with Gasteiger partial charge in [-0.1, -0.05) is 6.07 Å². The van der Waals surface area contributed by atoms with E-state index in [0.29, 0.717) is 6.54 Å². The molecule has 56 valence electrons. The van der Waals surface area contributed by atoms with Crippen molar-refractivity contribution in [1.29, 1.82) is 0 Å². The van der Waals surface area contributed by atoms with Crippen LogP contribution in [0.3, 0.4) is 0 Å². The summed E-state index contributed by atoms with van der Waals surface area (Å²) in [6.45, 7) is 1.61. The van der Waals surface area contributed by atoms with Crippen LogP contribution in [-0.4, -0.2) is 6.54 Å². The Hall–Kier alpha value is -0.410. The zero-order chi connectivity index (χ0) is 6.53. The summed E-state index contributed by atoms with van der Waals surface area (Å²) in [4.78, 5) is 0. The Labute approximate surface area is 71.4 Å². The fourth-order valence-electron chi connectivity index (χ4n) is 0.732. The molecule has 0 unspecified atom stereocenters. The van der Waals surface area contributed by atoms with Crippen LogP contribution in [0.5, 0.6) is 0 Å². The minimum absolute atomic E-state index is 0. The molecule has 0 bridgehead atoms. The van der Waals surface area contributed by atoms with Gasteiger partial charge in [0, 0.05) is 12.1 Å². The van der Waals surface area contributed by atoms with E-state index in [1.54, 1.807) is 0 Å². The van der Waals surface area contributed by atoms with Gasteiger partial charge in [0.1, 0.15) is 0 Å². The molecule has 0 amide bonds. The summed E-state index contributed by atoms with van der Waals surface area (Å²) in [6.07, 6.45) is 4.01. The van der Waals surface area contributed by atoms with Crippen LogP contribution in [0.2, 0.25) is 0 Å². The van der Waals surface area contributed by atoms with Gasteiger partial charge in [0.05, 0.1) is 6.54 Å². The smallest absolute Gasteiger partial charge is 0.168 e. The van der Waals surface area contributed by atoms with E-state index in [1.807, 2.05) is 30.6 Å². The summed E-state index contributed by atoms with van der Waals surface area (Å²) in [7, 11) is 0. The second-order valence-electron chi connectivity index (χ2n) is 1.90. The van der Waals surface area contributed by atoms with E-state index in [9.17, 15) is 0 Å². The average Bonchev–Trinajstić information content (AvgIpc) is 1.91. The zero-order valence-electron chi connectivity index (χ0n) is 5.70. The van der Waals surface area contributed by atoms with E-state index in [1.165, 1.54) is 0 Å². The highest BCUT2D eigenvalue weighted by Crippen LogP contribution is 1.74. The fraction of sp³-hybridized carbons (Fsp3) is 0.286. The lowest BCUT2D eigenvalue weighted by molar-refractivity contribution is -0.694. The van der Waals surface area contributed by atoms with E-state index in [0.717, 1.165) is 6.54 Å². The number of hydrogen-bond donors (Lipinski definition) is 1. The molecule has 0 aliphatic rings. The number of hydrogen-bond acceptors (Lipinski definition) is 1. The van der Waals surface area contributed by atoms with Crippen LogP contribution >= 0.6 is 0 Å². The minimum atomic E-state index is 0. The predicted octanol–water partition coefficient (Wildman–Crippen LogP) is -3.06. The van der Waals surface area contributed by atoms with Crippen molar-refractivity contribution in [2.75, 3.05) is 6.54 Å². The molecule has 1 rings (SSSR count). The van der Waals surface area contributed by atoms with Gasteiger partial charge < -0.3 is 22.7 Å². The van der Waals surface area contributed by atoms with Gasteiger partial charge in [0.25, 0.3) is 0 Å². The van der Waals surface area contributed by atoms with Crippen molar-refractivity contribution in [3.05, 3.63) is 30.6 Å². The maximum Gasteiger partial charge on any atom is 0.168 e. The van der Waals surface area contributed by atoms with E-state index in [2.05, 4.69) is 4.57 Å². The molecular formula is C7H11BrN2. The van der Waals surface area contributed by atoms with E-state index in [4.69, 9.17) is 5.73 Å². The number of rotatable bonds is 2. The van der Waals surface area contributed by atoms with Gasteiger partial charge in [-0.05, 0) is 0 Å². The molecule has 2 N–H and O–H groups in total. The molecule has 0 atom stereocenters. The van der Waals surface area contributed by atoms with Crippen molar-refractivity contribution in [1.82, 2.24) is 0 Å². The van der Waals surface area contributed by atoms with E-state index in [-0.39, 0.29) is 17.0 Å². The summed E-state index contributed by atoms with van der Waals surface area (Å²) >= 11 is 0. The first-order chi connectivity index (χ1) is 4.43. The molecule has 0 aromatic carbocycles. The van der Waals surface area contributed by atoms with Crippen molar-refractivity contribution >= 4 is 0 Å². The maximum absolute atomic E-state index is 5.34. The highest BCUT2D eigenvalue weighted by molar-refractivity contribution is 4.83. The molecule has 10 heavy (non-hydrogen) atoms. The van der Waals surface area contributed by atoms with Gasteiger partial charge in [0.15, 0.2) is 18.9 Å². The summed E-state index contributed by atoms with van der Waals surface area (Å²) in [6, 6.07) is 5.98. The predicted molar refractivity (Wildman–Crippen MR) is 35.7 cm³/mol. The molecule has 3 heteroatoms. The normalized spacial score (nSPS) is 8.50. The lowest BCUT2D eigenvalue weighted by atomic mass is 10.5. The molecule has 2 nitrogen and oxygen atoms in total. The molecule has 0 saturated heterocycles. The second kappa shape index (κ2) is 5.38. The maximum atomic E-state index is 5.34. The van der Waals surface area contributed by atoms with Crippen molar-refractivity contribution in [3.63, 3.8) is 0 Å². The molecule has 0 aliphatic carbocycles. The monoisotopic (exact) mass is 202 g/mol. The van der Waals surface area contributed by atoms with Crippen LogP contribution < -0.4 is 27.3 Å². The van der Waals surface area contributed by atoms with Crippen LogP contribution in [0.1, 0.15) is 0 Å². The Morgan fingerprint density at radius 2 is 1.70 bits per heavy atom. The first kappa shape index (κ1) is 9.59. The van der Waals surface area contributed by atoms with E-state index >= 15 is 0 Å². The topological polar surface area (TPSA) is 29.9 Å². The molecule has 1 aromatic heterocycles. The van der Waals surface area contributed by atoms with Gasteiger partial charge in [-0.2, -0.15) is 0 Å². The van der Waals surface area contributed by atoms with Crippen LogP contribution in [0.4, 0.5) is 0 Å². The third-order valence-corrected chi connectivity index (χ3v) is 1.16. The van der Waals surface area contributed by atoms with Crippen molar-refractivity contribution in [3.8, 4) is 0 Å². The number of aromatic nitrogens is 1. The highest BCUT2D eigenvalue weighted by atomic mass is 79.9. The van der Waals surface area contributed by atoms with Gasteiger partial charge in [-0.3, -0.25) is 0 Å². The minimum Gasteiger partial charge on any atom is -1.00 e. The molecule has 1 heterocycles. The Balaban J connectivity index is 0.000000810. The molecule has 0 radical (unpaired) electrons. The molecule has 1 aromatic rings. The first-order valence-corrected chi connectivity index (χ1v) is 3.07. The third-order valence-electron chi connectivity index (χ3n) is 1.16. The number of nitrogens with zero attached hydrogens (tertiary/aromatic N) is 1. The lowest BCUT2D eigenvalue weighted by Gasteiger charge is -1.89. The van der Waals surface area contributed by atoms with Crippen molar-refractivity contribution in [2.24, 2.45) is 5.73 Å². The SMILES string of the molecule is NCC[n+]1ccccc1.[Br-]. The fourth-order valence-corrected chi connectivity index (χ4v) is 0.732. The number of pyridine rings is 1. The molecule has 0 aliphatic heterocycles. The first-order valence-electron chi connectivity index (χ1n) is 3.07. The highest BCUT2D eigenvalue weighted by Gasteiger charge is 1.90. The van der Waals surface area contributed by atoms with Gasteiger partial charge >= 0.3 is 0 Å². The summed E-state index contributed by atoms with van der Waals surface area (Å²) in [5, 5.41) is 0. The Morgan fingerprint density at radius 3 is 2.20 bits per heavy atom. The standard InChI is InChI=1S/C7H11N2.BrH/c8-4-7-9-5-2-1-3-6-9;/h1-3,5-6H,4,7-8H2;1H/q+1;/p-1. The Morgan fingerprint density at radius 1 is 1.10 bits per heavy atom. The quantitative estimate of drug-likeness (QED) is 0.508. The second-order valence-corrected chi connectivity index (χ2v) is 1.90. The summed E-state index contributed by atoms with van der Waals surface area (Å²) < 4.78 is 2.06. The van der Waals surface area contributed by atoms with Crippen LogP contribution in [0.25, 0.3) is 0 Å². The molecular weight excluding hydrogens is 192 g/mol. The Bertz CT molecular complexity index is 165.